The average molecular weight is 249 g/mol. The van der Waals surface area contributed by atoms with Crippen molar-refractivity contribution >= 4 is 33.5 Å². The zero-order chi connectivity index (χ0) is 8.55. The largest absolute Gasteiger partial charge is 0.351 e. The van der Waals surface area contributed by atoms with E-state index >= 15 is 0 Å². The van der Waals surface area contributed by atoms with Crippen LogP contribution in [0.25, 0.3) is 0 Å². The third kappa shape index (κ3) is 1.87. The summed E-state index contributed by atoms with van der Waals surface area (Å²) >= 11 is 8.97. The summed E-state index contributed by atoms with van der Waals surface area (Å²) < 4.78 is 0.641. The zero-order valence-electron chi connectivity index (χ0n) is 6.22. The molecule has 0 saturated heterocycles. The van der Waals surface area contributed by atoms with Crippen LogP contribution >= 0.6 is 27.5 Å². The molecule has 0 aromatic carbocycles. The van der Waals surface area contributed by atoms with E-state index in [0.29, 0.717) is 21.6 Å². The van der Waals surface area contributed by atoms with Crippen LogP contribution in [0.4, 0.5) is 5.95 Å². The van der Waals surface area contributed by atoms with Crippen molar-refractivity contribution in [2.75, 3.05) is 5.32 Å². The van der Waals surface area contributed by atoms with Crippen molar-refractivity contribution < 1.29 is 0 Å². The fourth-order valence-corrected chi connectivity index (χ4v) is 1.19. The van der Waals surface area contributed by atoms with Gasteiger partial charge in [0.15, 0.2) is 0 Å². The van der Waals surface area contributed by atoms with E-state index in [-0.39, 0.29) is 0 Å². The number of aromatic nitrogens is 2. The molecule has 0 atom stereocenters. The fraction of sp³-hybridized carbons (Fsp3) is 0.429. The van der Waals surface area contributed by atoms with Crippen LogP contribution in [0.15, 0.2) is 10.8 Å². The normalized spacial score (nSPS) is 16.2. The Bertz CT molecular complexity index is 301. The first kappa shape index (κ1) is 8.26. The van der Waals surface area contributed by atoms with Crippen LogP contribution in [0, 0.1) is 0 Å². The minimum atomic E-state index is 0.538. The third-order valence-corrected chi connectivity index (χ3v) is 2.72. The van der Waals surface area contributed by atoms with E-state index < -0.39 is 0 Å². The second kappa shape index (κ2) is 3.18. The lowest BCUT2D eigenvalue weighted by atomic mass is 10.6. The summed E-state index contributed by atoms with van der Waals surface area (Å²) in [5.74, 6) is 0.647. The number of rotatable bonds is 2. The van der Waals surface area contributed by atoms with Gasteiger partial charge < -0.3 is 5.32 Å². The van der Waals surface area contributed by atoms with Crippen molar-refractivity contribution in [3.63, 3.8) is 0 Å². The SMILES string of the molecule is Clc1cnc(NC2CC2)nc1Br. The predicted molar refractivity (Wildman–Crippen MR) is 51.4 cm³/mol. The number of nitrogens with one attached hydrogen (secondary N) is 1. The van der Waals surface area contributed by atoms with E-state index in [0.717, 1.165) is 0 Å². The van der Waals surface area contributed by atoms with Crippen molar-refractivity contribution in [2.45, 2.75) is 18.9 Å². The fourth-order valence-electron chi connectivity index (χ4n) is 0.826. The number of anilines is 1. The van der Waals surface area contributed by atoms with E-state index in [1.54, 1.807) is 6.20 Å². The maximum atomic E-state index is 5.73. The Morgan fingerprint density at radius 3 is 2.92 bits per heavy atom. The molecule has 1 heterocycles. The lowest BCUT2D eigenvalue weighted by Crippen LogP contribution is -2.05. The molecule has 0 spiro atoms. The monoisotopic (exact) mass is 247 g/mol. The van der Waals surface area contributed by atoms with Gasteiger partial charge in [-0.05, 0) is 28.8 Å². The molecule has 0 unspecified atom stereocenters. The van der Waals surface area contributed by atoms with Crippen LogP contribution in [-0.2, 0) is 0 Å². The highest BCUT2D eigenvalue weighted by molar-refractivity contribution is 9.10. The van der Waals surface area contributed by atoms with Crippen molar-refractivity contribution in [2.24, 2.45) is 0 Å². The van der Waals surface area contributed by atoms with Crippen LogP contribution in [0.2, 0.25) is 5.02 Å². The molecule has 0 bridgehead atoms. The molecule has 2 rings (SSSR count). The van der Waals surface area contributed by atoms with Gasteiger partial charge in [0.2, 0.25) is 5.95 Å². The molecule has 0 radical (unpaired) electrons. The molecule has 1 aromatic rings. The van der Waals surface area contributed by atoms with Gasteiger partial charge in [-0.15, -0.1) is 0 Å². The summed E-state index contributed by atoms with van der Waals surface area (Å²) in [7, 11) is 0. The van der Waals surface area contributed by atoms with Crippen LogP contribution in [0.5, 0.6) is 0 Å². The summed E-state index contributed by atoms with van der Waals surface area (Å²) in [5.41, 5.74) is 0. The standard InChI is InChI=1S/C7H7BrClN3/c8-6-5(9)3-10-7(12-6)11-4-1-2-4/h3-4H,1-2H2,(H,10,11,12). The van der Waals surface area contributed by atoms with E-state index in [9.17, 15) is 0 Å². The first-order chi connectivity index (χ1) is 5.75. The molecule has 1 saturated carbocycles. The predicted octanol–water partition coefficient (Wildman–Crippen LogP) is 2.47. The molecular formula is C7H7BrClN3. The number of hydrogen-bond donors (Lipinski definition) is 1. The van der Waals surface area contributed by atoms with Crippen molar-refractivity contribution in [3.8, 4) is 0 Å². The summed E-state index contributed by atoms with van der Waals surface area (Å²) in [6.07, 6.45) is 4.01. The Hall–Kier alpha value is -0.350. The van der Waals surface area contributed by atoms with Gasteiger partial charge in [0.05, 0.1) is 11.2 Å². The highest BCUT2D eigenvalue weighted by Gasteiger charge is 2.21. The van der Waals surface area contributed by atoms with Gasteiger partial charge in [0.25, 0.3) is 0 Å². The number of hydrogen-bond acceptors (Lipinski definition) is 3. The minimum Gasteiger partial charge on any atom is -0.351 e. The highest BCUT2D eigenvalue weighted by Crippen LogP contribution is 2.25. The third-order valence-electron chi connectivity index (χ3n) is 1.61. The van der Waals surface area contributed by atoms with Crippen LogP contribution in [0.3, 0.4) is 0 Å². The Morgan fingerprint density at radius 1 is 1.58 bits per heavy atom. The van der Waals surface area contributed by atoms with E-state index in [2.05, 4.69) is 31.2 Å². The van der Waals surface area contributed by atoms with E-state index in [1.165, 1.54) is 12.8 Å². The number of nitrogens with zero attached hydrogens (tertiary/aromatic N) is 2. The van der Waals surface area contributed by atoms with Crippen molar-refractivity contribution in [1.82, 2.24) is 9.97 Å². The minimum absolute atomic E-state index is 0.538. The van der Waals surface area contributed by atoms with E-state index in [4.69, 9.17) is 11.6 Å². The lowest BCUT2D eigenvalue weighted by Gasteiger charge is -2.02. The van der Waals surface area contributed by atoms with Gasteiger partial charge in [-0.1, -0.05) is 11.6 Å². The molecule has 1 fully saturated rings. The second-order valence-electron chi connectivity index (χ2n) is 2.75. The molecule has 1 aromatic heterocycles. The van der Waals surface area contributed by atoms with Gasteiger partial charge >= 0.3 is 0 Å². The highest BCUT2D eigenvalue weighted by atomic mass is 79.9. The smallest absolute Gasteiger partial charge is 0.224 e. The molecule has 0 aliphatic heterocycles. The molecule has 0 amide bonds. The van der Waals surface area contributed by atoms with Crippen LogP contribution < -0.4 is 5.32 Å². The Balaban J connectivity index is 2.15. The summed E-state index contributed by atoms with van der Waals surface area (Å²) in [5, 5.41) is 3.71. The molecule has 1 aliphatic carbocycles. The number of halogens is 2. The summed E-state index contributed by atoms with van der Waals surface area (Å²) in [4.78, 5) is 8.15. The Labute approximate surface area is 83.7 Å². The van der Waals surface area contributed by atoms with Crippen molar-refractivity contribution in [1.29, 1.82) is 0 Å². The molecule has 12 heavy (non-hydrogen) atoms. The average Bonchev–Trinajstić information content (AvgIpc) is 2.81. The van der Waals surface area contributed by atoms with E-state index in [1.807, 2.05) is 0 Å². The molecule has 3 nitrogen and oxygen atoms in total. The van der Waals surface area contributed by atoms with Gasteiger partial charge in [-0.3, -0.25) is 0 Å². The molecular weight excluding hydrogens is 241 g/mol. The lowest BCUT2D eigenvalue weighted by molar-refractivity contribution is 1.04. The Morgan fingerprint density at radius 2 is 2.33 bits per heavy atom. The topological polar surface area (TPSA) is 37.8 Å². The quantitative estimate of drug-likeness (QED) is 0.817. The molecule has 1 aliphatic rings. The first-order valence-corrected chi connectivity index (χ1v) is 4.87. The van der Waals surface area contributed by atoms with Gasteiger partial charge in [0.1, 0.15) is 4.60 Å². The molecule has 64 valence electrons. The summed E-state index contributed by atoms with van der Waals surface area (Å²) in [6, 6.07) is 0.568. The summed E-state index contributed by atoms with van der Waals surface area (Å²) in [6.45, 7) is 0. The van der Waals surface area contributed by atoms with Crippen molar-refractivity contribution in [3.05, 3.63) is 15.8 Å². The van der Waals surface area contributed by atoms with Gasteiger partial charge in [0, 0.05) is 6.04 Å². The van der Waals surface area contributed by atoms with Gasteiger partial charge in [-0.2, -0.15) is 0 Å². The molecule has 5 heteroatoms. The second-order valence-corrected chi connectivity index (χ2v) is 3.91. The molecule has 1 N–H and O–H groups in total. The maximum absolute atomic E-state index is 5.73. The van der Waals surface area contributed by atoms with Crippen LogP contribution in [-0.4, -0.2) is 16.0 Å². The maximum Gasteiger partial charge on any atom is 0.224 e. The zero-order valence-corrected chi connectivity index (χ0v) is 8.56. The van der Waals surface area contributed by atoms with Gasteiger partial charge in [-0.25, -0.2) is 9.97 Å². The van der Waals surface area contributed by atoms with Crippen LogP contribution in [0.1, 0.15) is 12.8 Å². The Kier molecular flexibility index (Phi) is 2.19. The first-order valence-electron chi connectivity index (χ1n) is 3.70.